The monoisotopic (exact) mass is 1280 g/mol. The lowest BCUT2D eigenvalue weighted by atomic mass is 9.97. The second-order valence-electron chi connectivity index (χ2n) is 20.1. The van der Waals surface area contributed by atoms with Crippen LogP contribution in [0.1, 0.15) is 99.6 Å². The number of alkyl halides is 3. The van der Waals surface area contributed by atoms with E-state index in [1.807, 2.05) is 113 Å². The third-order valence-corrected chi connectivity index (χ3v) is 13.4. The predicted octanol–water partition coefficient (Wildman–Crippen LogP) is 11.5. The van der Waals surface area contributed by atoms with Crippen LogP contribution in [-0.4, -0.2) is 133 Å². The standard InChI is InChI=1S/C15H18Cl2N2O3.C15H22ClNO2.C11H11Cl2NO2.C8H14ClN5.C5H12NO4P/c1-8(2)21-12-7-11(9(16)6-10(12)17)19-14(20)22-13(18-19)15(3,4)5;1-5-13-8-6-7-11(2)15(13)17(14(18)9-16)12(3)10-19-4;1-7-6-16-9-5-3-2-4-8(9)14(7)11(15)10(12)13;1-4-10-7-12-6(9)13-8(14-7)11-5(2)3;1-11(9,10)3-2-4(6)5(7)8/h6-8H,1-5H3;6-8,12H,5,9-10H2,1-4H3;2-5,7,10H,6H2,1H3;5H,4H2,1-3H3,(H2,10,11,12,13,14);4H,2-3,6H2,1H3,(H,7,8)(H,9,10). The van der Waals surface area contributed by atoms with Gasteiger partial charge in [0.1, 0.15) is 30.0 Å². The number of nitrogens with zero attached hydrogens (tertiary/aromatic N) is 7. The van der Waals surface area contributed by atoms with E-state index in [2.05, 4.69) is 43.7 Å². The Morgan fingerprint density at radius 2 is 1.60 bits per heavy atom. The topological polar surface area (TPSA) is 280 Å². The summed E-state index contributed by atoms with van der Waals surface area (Å²) >= 11 is 35.0. The third-order valence-electron chi connectivity index (χ3n) is 11.0. The van der Waals surface area contributed by atoms with Gasteiger partial charge in [0, 0.05) is 44.0 Å². The number of carboxylic acids is 1. The first-order valence-electron chi connectivity index (χ1n) is 26.0. The summed E-state index contributed by atoms with van der Waals surface area (Å²) in [5, 5.41) is 19.4. The Morgan fingerprint density at radius 1 is 0.963 bits per heavy atom. The Hall–Kier alpha value is -4.93. The van der Waals surface area contributed by atoms with Crippen molar-refractivity contribution in [2.45, 2.75) is 136 Å². The van der Waals surface area contributed by atoms with Gasteiger partial charge in [0.15, 0.2) is 12.2 Å². The minimum absolute atomic E-state index is 0.0223. The summed E-state index contributed by atoms with van der Waals surface area (Å²) in [5.74, 6) is 0.267. The number of rotatable bonds is 18. The first-order chi connectivity index (χ1) is 38.2. The molecule has 0 radical (unpaired) electrons. The summed E-state index contributed by atoms with van der Waals surface area (Å²) in [7, 11) is -1.47. The molecule has 6 rings (SSSR count). The Morgan fingerprint density at radius 3 is 2.12 bits per heavy atom. The number of fused-ring (bicyclic) bond motifs is 1. The first kappa shape index (κ1) is 73.2. The van der Waals surface area contributed by atoms with Gasteiger partial charge in [0.2, 0.25) is 29.0 Å². The highest BCUT2D eigenvalue weighted by Crippen LogP contribution is 2.37. The van der Waals surface area contributed by atoms with E-state index in [9.17, 15) is 23.7 Å². The van der Waals surface area contributed by atoms with Crippen LogP contribution >= 0.6 is 77.0 Å². The number of para-hydroxylation sites is 3. The molecule has 28 heteroatoms. The SMILES string of the molecule is CC(C)Oc1cc(-n2nc(C(C)(C)C)oc2=O)c(Cl)cc1Cl.CC1COc2ccccc2N1C(=O)C(Cl)Cl.CCNc1nc(Cl)nc(NC(C)C)n1.CCc1cccc(C)c1N(C(=O)CCl)C(C)COC.CP(=O)(O)CCC(N)C(=O)O. The number of halogens is 6. The summed E-state index contributed by atoms with van der Waals surface area (Å²) in [6, 6.07) is 15.7. The number of anilines is 4. The number of amides is 2. The summed E-state index contributed by atoms with van der Waals surface area (Å²) < 4.78 is 33.3. The number of aryl methyl sites for hydroxylation is 2. The number of ether oxygens (including phenoxy) is 3. The maximum atomic E-state index is 12.2. The van der Waals surface area contributed by atoms with Crippen molar-refractivity contribution in [2.75, 3.05) is 66.0 Å². The van der Waals surface area contributed by atoms with Gasteiger partial charge in [0.25, 0.3) is 5.91 Å². The molecule has 0 saturated heterocycles. The lowest BCUT2D eigenvalue weighted by Crippen LogP contribution is -2.47. The quantitative estimate of drug-likeness (QED) is 0.0403. The van der Waals surface area contributed by atoms with Gasteiger partial charge in [-0.1, -0.05) is 104 Å². The molecule has 2 amide bonds. The molecule has 0 spiro atoms. The van der Waals surface area contributed by atoms with Crippen LogP contribution < -0.4 is 41.4 Å². The molecule has 5 aromatic rings. The Bertz CT molecular complexity index is 2960. The van der Waals surface area contributed by atoms with Gasteiger partial charge in [-0.15, -0.1) is 16.7 Å². The molecule has 1 aliphatic rings. The Labute approximate surface area is 510 Å². The lowest BCUT2D eigenvalue weighted by molar-refractivity contribution is -0.138. The molecule has 0 bridgehead atoms. The number of carboxylic acid groups (broad SMARTS) is 1. The molecule has 0 aliphatic carbocycles. The van der Waals surface area contributed by atoms with Gasteiger partial charge in [-0.3, -0.25) is 18.9 Å². The van der Waals surface area contributed by atoms with Crippen LogP contribution in [0.4, 0.5) is 23.3 Å². The summed E-state index contributed by atoms with van der Waals surface area (Å²) in [6.07, 6.45) is 0.814. The number of aromatic nitrogens is 5. The highest BCUT2D eigenvalue weighted by atomic mass is 35.5. The van der Waals surface area contributed by atoms with Crippen LogP contribution in [0.25, 0.3) is 5.69 Å². The fraction of sp³-hybridized carbons (Fsp3) is 0.519. The zero-order valence-corrected chi connectivity index (χ0v) is 54.0. The van der Waals surface area contributed by atoms with Gasteiger partial charge in [0.05, 0.1) is 51.9 Å². The Kier molecular flexibility index (Phi) is 31.0. The molecule has 4 unspecified atom stereocenters. The highest BCUT2D eigenvalue weighted by molar-refractivity contribution is 7.57. The molecule has 6 N–H and O–H groups in total. The van der Waals surface area contributed by atoms with Crippen LogP contribution in [0.3, 0.4) is 0 Å². The zero-order chi connectivity index (χ0) is 62.4. The molecule has 456 valence electrons. The molecule has 4 atom stereocenters. The highest BCUT2D eigenvalue weighted by Gasteiger charge is 2.32. The van der Waals surface area contributed by atoms with Crippen LogP contribution in [0.2, 0.25) is 15.3 Å². The van der Waals surface area contributed by atoms with E-state index < -0.39 is 30.0 Å². The normalized spacial score (nSPS) is 14.1. The van der Waals surface area contributed by atoms with Crippen molar-refractivity contribution in [1.29, 1.82) is 0 Å². The molecular weight excluding hydrogens is 1210 g/mol. The van der Waals surface area contributed by atoms with E-state index >= 15 is 0 Å². The van der Waals surface area contributed by atoms with E-state index in [0.29, 0.717) is 53.2 Å². The molecule has 21 nitrogen and oxygen atoms in total. The van der Waals surface area contributed by atoms with Gasteiger partial charge in [-0.2, -0.15) is 19.6 Å². The molecule has 82 heavy (non-hydrogen) atoms. The number of aliphatic carboxylic acids is 1. The molecule has 2 aromatic heterocycles. The number of benzene rings is 3. The van der Waals surface area contributed by atoms with Crippen molar-refractivity contribution >= 4 is 118 Å². The van der Waals surface area contributed by atoms with Crippen LogP contribution in [0.15, 0.2) is 63.8 Å². The second-order valence-corrected chi connectivity index (χ2v) is 25.2. The average molecular weight is 1290 g/mol. The molecule has 0 fully saturated rings. The Balaban J connectivity index is 0.000000357. The predicted molar refractivity (Wildman–Crippen MR) is 330 cm³/mol. The van der Waals surface area contributed by atoms with Crippen molar-refractivity contribution in [2.24, 2.45) is 5.73 Å². The van der Waals surface area contributed by atoms with Crippen LogP contribution in [-0.2, 0) is 35.5 Å². The largest absolute Gasteiger partial charge is 0.489 e. The fourth-order valence-electron chi connectivity index (χ4n) is 7.23. The second kappa shape index (κ2) is 34.7. The van der Waals surface area contributed by atoms with Gasteiger partial charge in [-0.25, -0.2) is 4.79 Å². The maximum absolute atomic E-state index is 12.2. The number of nitrogens with one attached hydrogen (secondary N) is 2. The first-order valence-corrected chi connectivity index (χ1v) is 30.8. The van der Waals surface area contributed by atoms with Crippen molar-refractivity contribution in [3.05, 3.63) is 97.5 Å². The molecule has 3 heterocycles. The van der Waals surface area contributed by atoms with Crippen molar-refractivity contribution < 1.29 is 47.6 Å². The van der Waals surface area contributed by atoms with E-state index in [4.69, 9.17) is 104 Å². The van der Waals surface area contributed by atoms with Crippen molar-refractivity contribution in [1.82, 2.24) is 24.7 Å². The van der Waals surface area contributed by atoms with Gasteiger partial charge in [-0.05, 0) is 109 Å². The summed E-state index contributed by atoms with van der Waals surface area (Å²) in [4.78, 5) is 69.3. The van der Waals surface area contributed by atoms with E-state index in [1.165, 1.54) is 12.7 Å². The minimum atomic E-state index is -3.10. The number of hydrogen-bond acceptors (Lipinski definition) is 16. The number of carbonyl (C=O) groups excluding carboxylic acids is 2. The fourth-order valence-corrected chi connectivity index (χ4v) is 9.00. The maximum Gasteiger partial charge on any atom is 0.442 e. The summed E-state index contributed by atoms with van der Waals surface area (Å²) in [5.41, 5.74) is 9.00. The molecule has 1 aliphatic heterocycles. The minimum Gasteiger partial charge on any atom is -0.489 e. The van der Waals surface area contributed by atoms with Crippen LogP contribution in [0, 0.1) is 6.92 Å². The number of nitrogens with two attached hydrogens (primary N) is 1. The van der Waals surface area contributed by atoms with E-state index in [-0.39, 0.29) is 70.2 Å². The van der Waals surface area contributed by atoms with Crippen molar-refractivity contribution in [3.8, 4) is 17.2 Å². The number of hydrogen-bond donors (Lipinski definition) is 5. The third kappa shape index (κ3) is 24.0. The van der Waals surface area contributed by atoms with E-state index in [1.54, 1.807) is 23.0 Å². The van der Waals surface area contributed by atoms with Crippen molar-refractivity contribution in [3.63, 3.8) is 0 Å². The molecule has 3 aromatic carbocycles. The number of carbonyl (C=O) groups is 3. The molecular formula is C54H77Cl6N10O11P. The zero-order valence-electron chi connectivity index (χ0n) is 48.6. The smallest absolute Gasteiger partial charge is 0.442 e. The van der Waals surface area contributed by atoms with Crippen LogP contribution in [0.5, 0.6) is 11.5 Å². The van der Waals surface area contributed by atoms with E-state index in [0.717, 1.165) is 40.1 Å². The average Bonchev–Trinajstić information content (AvgIpc) is 3.86. The number of methoxy groups -OCH3 is 1. The van der Waals surface area contributed by atoms with Gasteiger partial charge < -0.3 is 54.8 Å². The molecule has 0 saturated carbocycles. The lowest BCUT2D eigenvalue weighted by Gasteiger charge is -2.35. The van der Waals surface area contributed by atoms with Gasteiger partial charge >= 0.3 is 11.7 Å². The summed E-state index contributed by atoms with van der Waals surface area (Å²) in [6.45, 7) is 26.3.